The second-order valence-electron chi connectivity index (χ2n) is 6.30. The van der Waals surface area contributed by atoms with E-state index in [9.17, 15) is 9.18 Å². The van der Waals surface area contributed by atoms with Gasteiger partial charge < -0.3 is 5.32 Å². The lowest BCUT2D eigenvalue weighted by Crippen LogP contribution is -2.26. The molecule has 1 fully saturated rings. The second-order valence-corrected chi connectivity index (χ2v) is 6.30. The predicted octanol–water partition coefficient (Wildman–Crippen LogP) is 3.28. The van der Waals surface area contributed by atoms with Gasteiger partial charge in [-0.3, -0.25) is 9.69 Å². The summed E-state index contributed by atoms with van der Waals surface area (Å²) in [6.45, 7) is 3.71. The number of halogens is 1. The molecule has 3 nitrogen and oxygen atoms in total. The van der Waals surface area contributed by atoms with Crippen LogP contribution in [0.1, 0.15) is 29.5 Å². The van der Waals surface area contributed by atoms with Crippen molar-refractivity contribution in [3.8, 4) is 0 Å². The molecule has 0 spiro atoms. The van der Waals surface area contributed by atoms with Gasteiger partial charge in [0.2, 0.25) is 5.91 Å². The van der Waals surface area contributed by atoms with Crippen molar-refractivity contribution in [2.45, 2.75) is 32.4 Å². The zero-order valence-electron chi connectivity index (χ0n) is 13.8. The van der Waals surface area contributed by atoms with Crippen molar-refractivity contribution < 1.29 is 9.18 Å². The zero-order chi connectivity index (χ0) is 16.8. The first-order valence-electron chi connectivity index (χ1n) is 8.51. The van der Waals surface area contributed by atoms with Crippen molar-refractivity contribution in [1.82, 2.24) is 10.2 Å². The van der Waals surface area contributed by atoms with E-state index < -0.39 is 0 Å². The Bertz CT molecular complexity index is 696. The average molecular weight is 326 g/mol. The third kappa shape index (κ3) is 4.42. The van der Waals surface area contributed by atoms with Gasteiger partial charge in [0.15, 0.2) is 0 Å². The Morgan fingerprint density at radius 2 is 1.58 bits per heavy atom. The Morgan fingerprint density at radius 3 is 2.29 bits per heavy atom. The topological polar surface area (TPSA) is 32.3 Å². The van der Waals surface area contributed by atoms with Crippen LogP contribution >= 0.6 is 0 Å². The van der Waals surface area contributed by atoms with Gasteiger partial charge in [0.1, 0.15) is 5.82 Å². The average Bonchev–Trinajstić information content (AvgIpc) is 3.09. The number of hydrogen-bond donors (Lipinski definition) is 1. The van der Waals surface area contributed by atoms with Crippen LogP contribution in [-0.4, -0.2) is 23.9 Å². The van der Waals surface area contributed by atoms with Crippen LogP contribution in [0.2, 0.25) is 0 Å². The van der Waals surface area contributed by atoms with E-state index in [1.807, 2.05) is 12.1 Å². The van der Waals surface area contributed by atoms with Crippen molar-refractivity contribution in [1.29, 1.82) is 0 Å². The molecule has 0 aliphatic carbocycles. The van der Waals surface area contributed by atoms with Crippen molar-refractivity contribution in [2.24, 2.45) is 0 Å². The van der Waals surface area contributed by atoms with Crippen LogP contribution in [0.15, 0.2) is 48.5 Å². The Labute approximate surface area is 142 Å². The predicted molar refractivity (Wildman–Crippen MR) is 92.9 cm³/mol. The molecule has 0 radical (unpaired) electrons. The van der Waals surface area contributed by atoms with Gasteiger partial charge in [-0.15, -0.1) is 0 Å². The lowest BCUT2D eigenvalue weighted by Gasteiger charge is -2.17. The molecule has 4 heteroatoms. The highest BCUT2D eigenvalue weighted by molar-refractivity contribution is 5.78. The van der Waals surface area contributed by atoms with E-state index >= 15 is 0 Å². The lowest BCUT2D eigenvalue weighted by atomic mass is 10.1. The fraction of sp³-hybridized carbons (Fsp3) is 0.350. The van der Waals surface area contributed by atoms with E-state index in [-0.39, 0.29) is 18.1 Å². The molecule has 24 heavy (non-hydrogen) atoms. The number of likely N-dealkylation sites (tertiary alicyclic amines) is 1. The first-order valence-corrected chi connectivity index (χ1v) is 8.51. The first kappa shape index (κ1) is 16.7. The summed E-state index contributed by atoms with van der Waals surface area (Å²) in [7, 11) is 0. The number of nitrogens with one attached hydrogen (secondary N) is 1. The zero-order valence-corrected chi connectivity index (χ0v) is 13.8. The molecule has 2 aromatic carbocycles. The number of carbonyl (C=O) groups is 1. The van der Waals surface area contributed by atoms with Gasteiger partial charge >= 0.3 is 0 Å². The molecule has 0 unspecified atom stereocenters. The molecule has 1 aliphatic rings. The third-order valence-corrected chi connectivity index (χ3v) is 4.50. The molecule has 1 amide bonds. The molecule has 2 aromatic rings. The highest BCUT2D eigenvalue weighted by Crippen LogP contribution is 2.16. The fourth-order valence-electron chi connectivity index (χ4n) is 3.14. The summed E-state index contributed by atoms with van der Waals surface area (Å²) >= 11 is 0. The number of benzene rings is 2. The largest absolute Gasteiger partial charge is 0.352 e. The summed E-state index contributed by atoms with van der Waals surface area (Å²) in [5, 5.41) is 2.92. The Hall–Kier alpha value is -2.20. The standard InChI is InChI=1S/C20H23FN2O/c21-19-10-4-3-7-16(19)13-20(24)22-14-17-8-1-2-9-18(17)15-23-11-5-6-12-23/h1-4,7-10H,5-6,11-15H2,(H,22,24). The highest BCUT2D eigenvalue weighted by atomic mass is 19.1. The first-order chi connectivity index (χ1) is 11.7. The minimum absolute atomic E-state index is 0.0704. The lowest BCUT2D eigenvalue weighted by molar-refractivity contribution is -0.120. The SMILES string of the molecule is O=C(Cc1ccccc1F)NCc1ccccc1CN1CCCC1. The fourth-order valence-corrected chi connectivity index (χ4v) is 3.14. The number of carbonyl (C=O) groups excluding carboxylic acids is 1. The maximum absolute atomic E-state index is 13.6. The molecule has 1 N–H and O–H groups in total. The summed E-state index contributed by atoms with van der Waals surface area (Å²) in [6.07, 6.45) is 2.60. The maximum Gasteiger partial charge on any atom is 0.224 e. The van der Waals surface area contributed by atoms with Crippen LogP contribution in [0.3, 0.4) is 0 Å². The quantitative estimate of drug-likeness (QED) is 0.883. The van der Waals surface area contributed by atoms with E-state index in [1.54, 1.807) is 18.2 Å². The summed E-state index contributed by atoms with van der Waals surface area (Å²) in [5.41, 5.74) is 2.82. The van der Waals surface area contributed by atoms with Crippen molar-refractivity contribution >= 4 is 5.91 Å². The monoisotopic (exact) mass is 326 g/mol. The molecular formula is C20H23FN2O. The van der Waals surface area contributed by atoms with Crippen molar-refractivity contribution in [3.63, 3.8) is 0 Å². The van der Waals surface area contributed by atoms with Crippen LogP contribution in [0.4, 0.5) is 4.39 Å². The normalized spacial score (nSPS) is 14.7. The Kier molecular flexibility index (Phi) is 5.59. The van der Waals surface area contributed by atoms with Gasteiger partial charge in [0.05, 0.1) is 6.42 Å². The van der Waals surface area contributed by atoms with Gasteiger partial charge in [-0.05, 0) is 48.7 Å². The van der Waals surface area contributed by atoms with Crippen LogP contribution < -0.4 is 5.32 Å². The van der Waals surface area contributed by atoms with Gasteiger partial charge in [0, 0.05) is 13.1 Å². The number of hydrogen-bond acceptors (Lipinski definition) is 2. The molecule has 0 atom stereocenters. The number of rotatable bonds is 6. The van der Waals surface area contributed by atoms with E-state index in [4.69, 9.17) is 0 Å². The van der Waals surface area contributed by atoms with E-state index in [2.05, 4.69) is 22.3 Å². The molecule has 0 bridgehead atoms. The van der Waals surface area contributed by atoms with E-state index in [0.29, 0.717) is 12.1 Å². The van der Waals surface area contributed by atoms with Gasteiger partial charge in [0.25, 0.3) is 0 Å². The van der Waals surface area contributed by atoms with Crippen LogP contribution in [0.25, 0.3) is 0 Å². The number of nitrogens with zero attached hydrogens (tertiary/aromatic N) is 1. The summed E-state index contributed by atoms with van der Waals surface area (Å²) < 4.78 is 13.6. The highest BCUT2D eigenvalue weighted by Gasteiger charge is 2.14. The summed E-state index contributed by atoms with van der Waals surface area (Å²) in [5.74, 6) is -0.488. The Balaban J connectivity index is 1.58. The summed E-state index contributed by atoms with van der Waals surface area (Å²) in [6, 6.07) is 14.6. The van der Waals surface area contributed by atoms with Crippen LogP contribution in [-0.2, 0) is 24.3 Å². The van der Waals surface area contributed by atoms with E-state index in [0.717, 1.165) is 25.2 Å². The van der Waals surface area contributed by atoms with Gasteiger partial charge in [-0.1, -0.05) is 42.5 Å². The van der Waals surface area contributed by atoms with Gasteiger partial charge in [-0.2, -0.15) is 0 Å². The van der Waals surface area contributed by atoms with E-state index in [1.165, 1.54) is 24.5 Å². The Morgan fingerprint density at radius 1 is 0.958 bits per heavy atom. The smallest absolute Gasteiger partial charge is 0.224 e. The molecule has 1 heterocycles. The molecule has 0 saturated carbocycles. The molecule has 3 rings (SSSR count). The maximum atomic E-state index is 13.6. The van der Waals surface area contributed by atoms with Gasteiger partial charge in [-0.25, -0.2) is 4.39 Å². The molecule has 1 aliphatic heterocycles. The van der Waals surface area contributed by atoms with Crippen molar-refractivity contribution in [2.75, 3.05) is 13.1 Å². The van der Waals surface area contributed by atoms with Crippen LogP contribution in [0.5, 0.6) is 0 Å². The third-order valence-electron chi connectivity index (χ3n) is 4.50. The molecule has 126 valence electrons. The number of amides is 1. The minimum Gasteiger partial charge on any atom is -0.352 e. The molecular weight excluding hydrogens is 303 g/mol. The van der Waals surface area contributed by atoms with Crippen molar-refractivity contribution in [3.05, 3.63) is 71.0 Å². The summed E-state index contributed by atoms with van der Waals surface area (Å²) in [4.78, 5) is 14.6. The molecule has 1 saturated heterocycles. The second kappa shape index (κ2) is 8.06. The minimum atomic E-state index is -0.331. The molecule has 0 aromatic heterocycles. The van der Waals surface area contributed by atoms with Crippen LogP contribution in [0, 0.1) is 5.82 Å².